The largest absolute Gasteiger partial charge is 0.496 e. The van der Waals surface area contributed by atoms with Crippen LogP contribution in [0, 0.1) is 0 Å². The molecule has 0 radical (unpaired) electrons. The summed E-state index contributed by atoms with van der Waals surface area (Å²) in [5.74, 6) is 0.786. The molecule has 96 valence electrons. The molecule has 0 fully saturated rings. The topological polar surface area (TPSA) is 38.7 Å². The fourth-order valence-electron chi connectivity index (χ4n) is 1.44. The maximum absolute atomic E-state index is 10.1. The monoisotopic (exact) mass is 302 g/mol. The van der Waals surface area contributed by atoms with Gasteiger partial charge in [0.05, 0.1) is 23.3 Å². The Balaban J connectivity index is 2.79. The van der Waals surface area contributed by atoms with Crippen LogP contribution in [0.4, 0.5) is 0 Å². The molecule has 0 spiro atoms. The first-order valence-electron chi connectivity index (χ1n) is 5.46. The second-order valence-electron chi connectivity index (χ2n) is 4.50. The Morgan fingerprint density at radius 2 is 2.00 bits per heavy atom. The van der Waals surface area contributed by atoms with Crippen LogP contribution in [0.15, 0.2) is 22.7 Å². The third-order valence-corrected chi connectivity index (χ3v) is 3.59. The molecule has 1 N–H and O–H groups in total. The van der Waals surface area contributed by atoms with Gasteiger partial charge in [0.2, 0.25) is 0 Å². The standard InChI is InChI=1S/C13H19BrO3/c1-13(2,17-4)12(15)8-9-5-6-11(16-3)10(14)7-9/h5-7,12,15H,8H2,1-4H3. The third kappa shape index (κ3) is 3.69. The lowest BCUT2D eigenvalue weighted by Crippen LogP contribution is -2.39. The molecule has 4 heteroatoms. The van der Waals surface area contributed by atoms with Crippen molar-refractivity contribution >= 4 is 15.9 Å². The predicted molar refractivity (Wildman–Crippen MR) is 71.5 cm³/mol. The van der Waals surface area contributed by atoms with E-state index in [1.807, 2.05) is 32.0 Å². The number of benzene rings is 1. The van der Waals surface area contributed by atoms with Gasteiger partial charge in [-0.2, -0.15) is 0 Å². The molecule has 0 bridgehead atoms. The highest BCUT2D eigenvalue weighted by Crippen LogP contribution is 2.27. The fourth-order valence-corrected chi connectivity index (χ4v) is 2.03. The van der Waals surface area contributed by atoms with Crippen molar-refractivity contribution in [2.24, 2.45) is 0 Å². The zero-order valence-electron chi connectivity index (χ0n) is 10.7. The Kier molecular flexibility index (Phi) is 4.98. The molecular formula is C13H19BrO3. The molecule has 1 unspecified atom stereocenters. The molecule has 0 heterocycles. The van der Waals surface area contributed by atoms with Crippen LogP contribution in [0.25, 0.3) is 0 Å². The molecule has 1 aromatic rings. The first kappa shape index (κ1) is 14.5. The molecule has 0 saturated heterocycles. The molecule has 0 aliphatic rings. The van der Waals surface area contributed by atoms with Gasteiger partial charge in [-0.15, -0.1) is 0 Å². The third-order valence-electron chi connectivity index (χ3n) is 2.97. The SMILES string of the molecule is COc1ccc(CC(O)C(C)(C)OC)cc1Br. The number of aliphatic hydroxyl groups excluding tert-OH is 1. The van der Waals surface area contributed by atoms with Crippen molar-refractivity contribution in [2.45, 2.75) is 32.0 Å². The van der Waals surface area contributed by atoms with Crippen LogP contribution >= 0.6 is 15.9 Å². The van der Waals surface area contributed by atoms with Crippen molar-refractivity contribution in [1.82, 2.24) is 0 Å². The van der Waals surface area contributed by atoms with Crippen molar-refractivity contribution in [2.75, 3.05) is 14.2 Å². The van der Waals surface area contributed by atoms with E-state index in [1.165, 1.54) is 0 Å². The first-order chi connectivity index (χ1) is 7.90. The van der Waals surface area contributed by atoms with Gasteiger partial charge in [0.25, 0.3) is 0 Å². The molecule has 0 aromatic heterocycles. The Morgan fingerprint density at radius 1 is 1.35 bits per heavy atom. The van der Waals surface area contributed by atoms with Crippen LogP contribution in [-0.4, -0.2) is 31.0 Å². The lowest BCUT2D eigenvalue weighted by atomic mass is 9.95. The molecule has 0 aliphatic carbocycles. The highest BCUT2D eigenvalue weighted by atomic mass is 79.9. The Bertz CT molecular complexity index is 377. The van der Waals surface area contributed by atoms with Gasteiger partial charge in [-0.3, -0.25) is 0 Å². The lowest BCUT2D eigenvalue weighted by molar-refractivity contribution is -0.0765. The molecular weight excluding hydrogens is 284 g/mol. The van der Waals surface area contributed by atoms with E-state index < -0.39 is 11.7 Å². The summed E-state index contributed by atoms with van der Waals surface area (Å²) in [5, 5.41) is 10.1. The summed E-state index contributed by atoms with van der Waals surface area (Å²) >= 11 is 3.43. The minimum absolute atomic E-state index is 0.545. The zero-order valence-corrected chi connectivity index (χ0v) is 12.2. The number of aliphatic hydroxyl groups is 1. The van der Waals surface area contributed by atoms with Crippen molar-refractivity contribution in [3.63, 3.8) is 0 Å². The van der Waals surface area contributed by atoms with Crippen LogP contribution in [0.2, 0.25) is 0 Å². The molecule has 1 rings (SSSR count). The number of methoxy groups -OCH3 is 2. The average Bonchev–Trinajstić information content (AvgIpc) is 2.29. The summed E-state index contributed by atoms with van der Waals surface area (Å²) in [6, 6.07) is 5.78. The Morgan fingerprint density at radius 3 is 2.47 bits per heavy atom. The number of hydrogen-bond donors (Lipinski definition) is 1. The molecule has 17 heavy (non-hydrogen) atoms. The predicted octanol–water partition coefficient (Wildman–Crippen LogP) is 2.79. The van der Waals surface area contributed by atoms with Gasteiger partial charge >= 0.3 is 0 Å². The van der Waals surface area contributed by atoms with E-state index in [4.69, 9.17) is 9.47 Å². The van der Waals surface area contributed by atoms with Crippen LogP contribution in [-0.2, 0) is 11.2 Å². The summed E-state index contributed by atoms with van der Waals surface area (Å²) in [5.41, 5.74) is 0.488. The minimum atomic E-state index is -0.549. The lowest BCUT2D eigenvalue weighted by Gasteiger charge is -2.29. The van der Waals surface area contributed by atoms with Gasteiger partial charge in [-0.25, -0.2) is 0 Å². The number of halogens is 1. The smallest absolute Gasteiger partial charge is 0.133 e. The van der Waals surface area contributed by atoms with E-state index in [2.05, 4.69) is 15.9 Å². The van der Waals surface area contributed by atoms with Crippen molar-refractivity contribution in [3.05, 3.63) is 28.2 Å². The van der Waals surface area contributed by atoms with Gasteiger partial charge in [-0.1, -0.05) is 6.07 Å². The van der Waals surface area contributed by atoms with Gasteiger partial charge in [0, 0.05) is 13.5 Å². The Hall–Kier alpha value is -0.580. The molecule has 0 saturated carbocycles. The van der Waals surface area contributed by atoms with E-state index in [9.17, 15) is 5.11 Å². The second-order valence-corrected chi connectivity index (χ2v) is 5.35. The summed E-state index contributed by atoms with van der Waals surface area (Å²) < 4.78 is 11.3. The van der Waals surface area contributed by atoms with Crippen molar-refractivity contribution < 1.29 is 14.6 Å². The van der Waals surface area contributed by atoms with E-state index in [-0.39, 0.29) is 0 Å². The zero-order chi connectivity index (χ0) is 13.1. The quantitative estimate of drug-likeness (QED) is 0.909. The maximum Gasteiger partial charge on any atom is 0.133 e. The van der Waals surface area contributed by atoms with Crippen LogP contribution in [0.5, 0.6) is 5.75 Å². The number of rotatable bonds is 5. The van der Waals surface area contributed by atoms with Gasteiger partial charge in [0.1, 0.15) is 5.75 Å². The summed E-state index contributed by atoms with van der Waals surface area (Å²) in [6.07, 6.45) is -0.00326. The highest BCUT2D eigenvalue weighted by Gasteiger charge is 2.27. The second kappa shape index (κ2) is 5.85. The highest BCUT2D eigenvalue weighted by molar-refractivity contribution is 9.10. The number of hydrogen-bond acceptors (Lipinski definition) is 3. The van der Waals surface area contributed by atoms with E-state index in [0.29, 0.717) is 6.42 Å². The summed E-state index contributed by atoms with van der Waals surface area (Å²) in [7, 11) is 3.23. The van der Waals surface area contributed by atoms with Gasteiger partial charge < -0.3 is 14.6 Å². The van der Waals surface area contributed by atoms with Crippen molar-refractivity contribution in [1.29, 1.82) is 0 Å². The average molecular weight is 303 g/mol. The van der Waals surface area contributed by atoms with Crippen molar-refractivity contribution in [3.8, 4) is 5.75 Å². The Labute approximate surface area is 111 Å². The molecule has 3 nitrogen and oxygen atoms in total. The summed E-state index contributed by atoms with van der Waals surface area (Å²) in [4.78, 5) is 0. The normalized spacial score (nSPS) is 13.5. The summed E-state index contributed by atoms with van der Waals surface area (Å²) in [6.45, 7) is 3.74. The van der Waals surface area contributed by atoms with Crippen LogP contribution in [0.3, 0.4) is 0 Å². The molecule has 0 aliphatic heterocycles. The molecule has 1 aromatic carbocycles. The van der Waals surface area contributed by atoms with E-state index in [0.717, 1.165) is 15.8 Å². The van der Waals surface area contributed by atoms with Gasteiger partial charge in [-0.05, 0) is 47.5 Å². The van der Waals surface area contributed by atoms with Crippen LogP contribution in [0.1, 0.15) is 19.4 Å². The molecule has 0 amide bonds. The van der Waals surface area contributed by atoms with E-state index in [1.54, 1.807) is 14.2 Å². The first-order valence-corrected chi connectivity index (χ1v) is 6.25. The van der Waals surface area contributed by atoms with E-state index >= 15 is 0 Å². The minimum Gasteiger partial charge on any atom is -0.496 e. The van der Waals surface area contributed by atoms with Gasteiger partial charge in [0.15, 0.2) is 0 Å². The van der Waals surface area contributed by atoms with Crippen LogP contribution < -0.4 is 4.74 Å². The molecule has 1 atom stereocenters. The number of ether oxygens (including phenoxy) is 2. The fraction of sp³-hybridized carbons (Fsp3) is 0.538. The maximum atomic E-state index is 10.1.